The van der Waals surface area contributed by atoms with Gasteiger partial charge in [-0.2, -0.15) is 0 Å². The van der Waals surface area contributed by atoms with Crippen LogP contribution in [0.1, 0.15) is 5.69 Å². The van der Waals surface area contributed by atoms with Gasteiger partial charge in [0, 0.05) is 25.2 Å². The number of benzene rings is 1. The maximum Gasteiger partial charge on any atom is 0.140 e. The van der Waals surface area contributed by atoms with E-state index in [0.29, 0.717) is 0 Å². The van der Waals surface area contributed by atoms with Gasteiger partial charge in [0.05, 0.1) is 19.0 Å². The Labute approximate surface area is 100 Å². The van der Waals surface area contributed by atoms with Crippen molar-refractivity contribution in [3.05, 3.63) is 36.2 Å². The predicted molar refractivity (Wildman–Crippen MR) is 65.9 cm³/mol. The fourth-order valence-electron chi connectivity index (χ4n) is 2.18. The third-order valence-corrected chi connectivity index (χ3v) is 3.10. The first-order valence-electron chi connectivity index (χ1n) is 5.78. The van der Waals surface area contributed by atoms with Crippen molar-refractivity contribution < 1.29 is 4.74 Å². The monoisotopic (exact) mass is 229 g/mol. The van der Waals surface area contributed by atoms with Crippen molar-refractivity contribution in [3.63, 3.8) is 0 Å². The standard InChI is InChI=1S/C13H15N3O/c1-17-12-4-2-10(3-5-12)13-15-9-11-8-14-6-7-16(11)13/h2-5,9,14H,6-8H2,1H3. The maximum absolute atomic E-state index is 5.16. The van der Waals surface area contributed by atoms with Crippen LogP contribution in [0.4, 0.5) is 0 Å². The Morgan fingerprint density at radius 3 is 2.88 bits per heavy atom. The molecule has 1 aromatic heterocycles. The lowest BCUT2D eigenvalue weighted by molar-refractivity contribution is 0.415. The normalized spacial score (nSPS) is 14.4. The van der Waals surface area contributed by atoms with Gasteiger partial charge in [-0.05, 0) is 24.3 Å². The largest absolute Gasteiger partial charge is 0.497 e. The Morgan fingerprint density at radius 1 is 1.29 bits per heavy atom. The summed E-state index contributed by atoms with van der Waals surface area (Å²) in [5, 5.41) is 3.34. The molecule has 0 amide bonds. The van der Waals surface area contributed by atoms with Gasteiger partial charge in [0.2, 0.25) is 0 Å². The zero-order valence-corrected chi connectivity index (χ0v) is 9.81. The van der Waals surface area contributed by atoms with Gasteiger partial charge in [-0.15, -0.1) is 0 Å². The smallest absolute Gasteiger partial charge is 0.140 e. The lowest BCUT2D eigenvalue weighted by Crippen LogP contribution is -2.27. The summed E-state index contributed by atoms with van der Waals surface area (Å²) in [6.07, 6.45) is 1.95. The second kappa shape index (κ2) is 4.22. The molecule has 17 heavy (non-hydrogen) atoms. The van der Waals surface area contributed by atoms with Gasteiger partial charge in [0.1, 0.15) is 11.6 Å². The highest BCUT2D eigenvalue weighted by molar-refractivity contribution is 5.57. The summed E-state index contributed by atoms with van der Waals surface area (Å²) < 4.78 is 7.44. The van der Waals surface area contributed by atoms with Crippen LogP contribution in [0.2, 0.25) is 0 Å². The fraction of sp³-hybridized carbons (Fsp3) is 0.308. The summed E-state index contributed by atoms with van der Waals surface area (Å²) in [4.78, 5) is 4.51. The second-order valence-electron chi connectivity index (χ2n) is 4.13. The zero-order chi connectivity index (χ0) is 11.7. The SMILES string of the molecule is COc1ccc(-c2ncc3n2CCNC3)cc1. The molecule has 2 heterocycles. The molecule has 0 aliphatic carbocycles. The van der Waals surface area contributed by atoms with Crippen LogP contribution in [0, 0.1) is 0 Å². The Bertz CT molecular complexity index is 516. The van der Waals surface area contributed by atoms with E-state index in [4.69, 9.17) is 4.74 Å². The Morgan fingerprint density at radius 2 is 2.12 bits per heavy atom. The van der Waals surface area contributed by atoms with Gasteiger partial charge in [-0.1, -0.05) is 0 Å². The van der Waals surface area contributed by atoms with Gasteiger partial charge in [-0.3, -0.25) is 0 Å². The van der Waals surface area contributed by atoms with Crippen molar-refractivity contribution in [2.24, 2.45) is 0 Å². The third kappa shape index (κ3) is 1.80. The van der Waals surface area contributed by atoms with E-state index in [0.717, 1.165) is 36.8 Å². The molecule has 4 nitrogen and oxygen atoms in total. The first-order chi connectivity index (χ1) is 8.38. The molecule has 1 N–H and O–H groups in total. The highest BCUT2D eigenvalue weighted by atomic mass is 16.5. The van der Waals surface area contributed by atoms with Gasteiger partial charge in [0.25, 0.3) is 0 Å². The summed E-state index contributed by atoms with van der Waals surface area (Å²) in [7, 11) is 1.68. The molecule has 0 bridgehead atoms. The first kappa shape index (κ1) is 10.4. The van der Waals surface area contributed by atoms with Gasteiger partial charge < -0.3 is 14.6 Å². The van der Waals surface area contributed by atoms with Crippen LogP contribution in [0.25, 0.3) is 11.4 Å². The molecule has 0 saturated heterocycles. The number of nitrogens with one attached hydrogen (secondary N) is 1. The number of methoxy groups -OCH3 is 1. The van der Waals surface area contributed by atoms with E-state index >= 15 is 0 Å². The second-order valence-corrected chi connectivity index (χ2v) is 4.13. The number of imidazole rings is 1. The quantitative estimate of drug-likeness (QED) is 0.851. The molecule has 0 fully saturated rings. The minimum Gasteiger partial charge on any atom is -0.497 e. The first-order valence-corrected chi connectivity index (χ1v) is 5.78. The zero-order valence-electron chi connectivity index (χ0n) is 9.81. The van der Waals surface area contributed by atoms with Crippen LogP contribution in [0.15, 0.2) is 30.5 Å². The molecule has 0 atom stereocenters. The Hall–Kier alpha value is -1.81. The highest BCUT2D eigenvalue weighted by Crippen LogP contribution is 2.23. The molecule has 0 radical (unpaired) electrons. The third-order valence-electron chi connectivity index (χ3n) is 3.10. The Balaban J connectivity index is 2.00. The molecular weight excluding hydrogens is 214 g/mol. The summed E-state index contributed by atoms with van der Waals surface area (Å²) in [6.45, 7) is 2.90. The van der Waals surface area contributed by atoms with Gasteiger partial charge >= 0.3 is 0 Å². The number of hydrogen-bond acceptors (Lipinski definition) is 3. The maximum atomic E-state index is 5.16. The molecule has 1 aromatic carbocycles. The molecule has 0 unspecified atom stereocenters. The molecule has 0 spiro atoms. The summed E-state index contributed by atoms with van der Waals surface area (Å²) in [5.74, 6) is 1.92. The van der Waals surface area contributed by atoms with Crippen LogP contribution in [-0.4, -0.2) is 23.2 Å². The van der Waals surface area contributed by atoms with E-state index in [-0.39, 0.29) is 0 Å². The molecule has 1 aliphatic heterocycles. The van der Waals surface area contributed by atoms with E-state index in [1.54, 1.807) is 7.11 Å². The fourth-order valence-corrected chi connectivity index (χ4v) is 2.18. The number of hydrogen-bond donors (Lipinski definition) is 1. The topological polar surface area (TPSA) is 39.1 Å². The number of aromatic nitrogens is 2. The van der Waals surface area contributed by atoms with Gasteiger partial charge in [-0.25, -0.2) is 4.98 Å². The van der Waals surface area contributed by atoms with Crippen molar-refractivity contribution >= 4 is 0 Å². The summed E-state index contributed by atoms with van der Waals surface area (Å²) in [5.41, 5.74) is 2.39. The van der Waals surface area contributed by atoms with E-state index in [1.165, 1.54) is 5.69 Å². The van der Waals surface area contributed by atoms with Crippen molar-refractivity contribution in [2.75, 3.05) is 13.7 Å². The van der Waals surface area contributed by atoms with Crippen LogP contribution < -0.4 is 10.1 Å². The molecule has 4 heteroatoms. The van der Waals surface area contributed by atoms with Gasteiger partial charge in [0.15, 0.2) is 0 Å². The molecule has 1 aliphatic rings. The Kier molecular flexibility index (Phi) is 2.57. The molecule has 0 saturated carbocycles. The number of nitrogens with zero attached hydrogens (tertiary/aromatic N) is 2. The van der Waals surface area contributed by atoms with E-state index in [2.05, 4.69) is 27.0 Å². The minimum atomic E-state index is 0.876. The van der Waals surface area contributed by atoms with Crippen molar-refractivity contribution in [3.8, 4) is 17.1 Å². The average Bonchev–Trinajstić information content (AvgIpc) is 2.83. The minimum absolute atomic E-state index is 0.876. The number of ether oxygens (including phenoxy) is 1. The average molecular weight is 229 g/mol. The highest BCUT2D eigenvalue weighted by Gasteiger charge is 2.14. The van der Waals surface area contributed by atoms with E-state index in [1.807, 2.05) is 18.3 Å². The number of rotatable bonds is 2. The molecule has 88 valence electrons. The van der Waals surface area contributed by atoms with Crippen LogP contribution in [-0.2, 0) is 13.1 Å². The van der Waals surface area contributed by atoms with Crippen molar-refractivity contribution in [1.29, 1.82) is 0 Å². The predicted octanol–water partition coefficient (Wildman–Crippen LogP) is 1.66. The summed E-state index contributed by atoms with van der Waals surface area (Å²) in [6, 6.07) is 8.04. The van der Waals surface area contributed by atoms with Crippen LogP contribution in [0.3, 0.4) is 0 Å². The summed E-state index contributed by atoms with van der Waals surface area (Å²) >= 11 is 0. The lowest BCUT2D eigenvalue weighted by atomic mass is 10.2. The van der Waals surface area contributed by atoms with Crippen molar-refractivity contribution in [1.82, 2.24) is 14.9 Å². The van der Waals surface area contributed by atoms with Crippen LogP contribution in [0.5, 0.6) is 5.75 Å². The molecule has 2 aromatic rings. The van der Waals surface area contributed by atoms with Crippen LogP contribution >= 0.6 is 0 Å². The lowest BCUT2D eigenvalue weighted by Gasteiger charge is -2.17. The van der Waals surface area contributed by atoms with E-state index in [9.17, 15) is 0 Å². The molecular formula is C13H15N3O. The molecule has 3 rings (SSSR count). The number of fused-ring (bicyclic) bond motifs is 1. The van der Waals surface area contributed by atoms with Crippen molar-refractivity contribution in [2.45, 2.75) is 13.1 Å². The van der Waals surface area contributed by atoms with E-state index < -0.39 is 0 Å².